The highest BCUT2D eigenvalue weighted by Crippen LogP contribution is 2.41. The van der Waals surface area contributed by atoms with Crippen molar-refractivity contribution in [1.29, 1.82) is 0 Å². The SMILES string of the molecule is O=C1CCCC2=C1C(c1cccs1)n1nc(SCc3cccc(Cl)c3)nc1N2. The molecular formula is C20H17ClN4OS2. The lowest BCUT2D eigenvalue weighted by Crippen LogP contribution is -2.31. The van der Waals surface area contributed by atoms with E-state index in [1.807, 2.05) is 40.4 Å². The van der Waals surface area contributed by atoms with Crippen LogP contribution in [0.5, 0.6) is 0 Å². The molecule has 1 atom stereocenters. The summed E-state index contributed by atoms with van der Waals surface area (Å²) in [6, 6.07) is 11.7. The first kappa shape index (κ1) is 18.0. The molecule has 28 heavy (non-hydrogen) atoms. The minimum atomic E-state index is -0.188. The summed E-state index contributed by atoms with van der Waals surface area (Å²) in [5.41, 5.74) is 2.97. The smallest absolute Gasteiger partial charge is 0.227 e. The summed E-state index contributed by atoms with van der Waals surface area (Å²) in [7, 11) is 0. The lowest BCUT2D eigenvalue weighted by atomic mass is 9.88. The van der Waals surface area contributed by atoms with Gasteiger partial charge in [-0.05, 0) is 42.0 Å². The van der Waals surface area contributed by atoms with Gasteiger partial charge >= 0.3 is 0 Å². The van der Waals surface area contributed by atoms with Gasteiger partial charge in [0.1, 0.15) is 6.04 Å². The maximum Gasteiger partial charge on any atom is 0.227 e. The van der Waals surface area contributed by atoms with Crippen LogP contribution in [0.25, 0.3) is 0 Å². The number of hydrogen-bond donors (Lipinski definition) is 1. The molecule has 0 saturated heterocycles. The first-order valence-electron chi connectivity index (χ1n) is 9.09. The number of halogens is 1. The number of ketones is 1. The highest BCUT2D eigenvalue weighted by atomic mass is 35.5. The topological polar surface area (TPSA) is 59.8 Å². The Morgan fingerprint density at radius 1 is 1.29 bits per heavy atom. The average molecular weight is 429 g/mol. The van der Waals surface area contributed by atoms with Crippen molar-refractivity contribution < 1.29 is 4.79 Å². The number of nitrogens with zero attached hydrogens (tertiary/aromatic N) is 3. The van der Waals surface area contributed by atoms with Crippen molar-refractivity contribution in [2.45, 2.75) is 36.2 Å². The fourth-order valence-electron chi connectivity index (χ4n) is 3.68. The summed E-state index contributed by atoms with van der Waals surface area (Å²) in [5.74, 6) is 1.65. The lowest BCUT2D eigenvalue weighted by Gasteiger charge is -2.31. The standard InChI is InChI=1S/C20H17ClN4OS2/c21-13-5-1-4-12(10-13)11-28-20-23-19-22-14-6-2-7-15(26)17(14)18(25(19)24-20)16-8-3-9-27-16/h1,3-5,8-10,18H,2,6-7,11H2,(H,22,23,24). The van der Waals surface area contributed by atoms with Crippen LogP contribution >= 0.6 is 34.7 Å². The third kappa shape index (κ3) is 3.27. The summed E-state index contributed by atoms with van der Waals surface area (Å²) in [5, 5.41) is 11.6. The summed E-state index contributed by atoms with van der Waals surface area (Å²) < 4.78 is 1.87. The van der Waals surface area contributed by atoms with Gasteiger partial charge < -0.3 is 5.32 Å². The van der Waals surface area contributed by atoms with Crippen LogP contribution in [0, 0.1) is 0 Å². The number of allylic oxidation sites excluding steroid dienone is 2. The van der Waals surface area contributed by atoms with E-state index < -0.39 is 0 Å². The number of benzene rings is 1. The zero-order valence-corrected chi connectivity index (χ0v) is 17.3. The minimum Gasteiger partial charge on any atom is -0.328 e. The van der Waals surface area contributed by atoms with E-state index >= 15 is 0 Å². The first-order chi connectivity index (χ1) is 13.7. The number of hydrogen-bond acceptors (Lipinski definition) is 6. The number of rotatable bonds is 4. The van der Waals surface area contributed by atoms with Gasteiger partial charge in [-0.25, -0.2) is 4.68 Å². The molecule has 1 aliphatic heterocycles. The van der Waals surface area contributed by atoms with Crippen molar-refractivity contribution in [3.63, 3.8) is 0 Å². The predicted molar refractivity (Wildman–Crippen MR) is 113 cm³/mol. The Bertz CT molecular complexity index is 1070. The van der Waals surface area contributed by atoms with Gasteiger partial charge in [0.05, 0.1) is 0 Å². The maximum absolute atomic E-state index is 12.7. The van der Waals surface area contributed by atoms with Crippen molar-refractivity contribution in [1.82, 2.24) is 14.8 Å². The Morgan fingerprint density at radius 2 is 2.21 bits per heavy atom. The van der Waals surface area contributed by atoms with Crippen LogP contribution in [0.4, 0.5) is 5.95 Å². The largest absolute Gasteiger partial charge is 0.328 e. The van der Waals surface area contributed by atoms with E-state index in [4.69, 9.17) is 21.7 Å². The van der Waals surface area contributed by atoms with E-state index in [1.54, 1.807) is 23.1 Å². The van der Waals surface area contributed by atoms with Gasteiger partial charge in [-0.1, -0.05) is 41.6 Å². The number of fused-ring (bicyclic) bond motifs is 1. The number of nitrogens with one attached hydrogen (secondary N) is 1. The molecule has 142 valence electrons. The van der Waals surface area contributed by atoms with Crippen LogP contribution in [-0.4, -0.2) is 20.5 Å². The quantitative estimate of drug-likeness (QED) is 0.571. The molecular weight excluding hydrogens is 412 g/mol. The second-order valence-corrected chi connectivity index (χ2v) is 9.15. The summed E-state index contributed by atoms with van der Waals surface area (Å²) in [6.07, 6.45) is 2.36. The van der Waals surface area contributed by atoms with Crippen molar-refractivity contribution in [3.8, 4) is 0 Å². The molecule has 0 spiro atoms. The van der Waals surface area contributed by atoms with E-state index in [0.717, 1.165) is 45.3 Å². The third-order valence-electron chi connectivity index (χ3n) is 4.92. The molecule has 8 heteroatoms. The number of aromatic nitrogens is 3. The molecule has 1 unspecified atom stereocenters. The molecule has 0 radical (unpaired) electrons. The highest BCUT2D eigenvalue weighted by molar-refractivity contribution is 7.98. The molecule has 3 heterocycles. The number of anilines is 1. The number of carbonyl (C=O) groups excluding carboxylic acids is 1. The van der Waals surface area contributed by atoms with Crippen LogP contribution < -0.4 is 5.32 Å². The molecule has 0 fully saturated rings. The lowest BCUT2D eigenvalue weighted by molar-refractivity contribution is -0.116. The maximum atomic E-state index is 12.7. The Balaban J connectivity index is 1.48. The van der Waals surface area contributed by atoms with Gasteiger partial charge in [0.25, 0.3) is 0 Å². The molecule has 1 aliphatic carbocycles. The van der Waals surface area contributed by atoms with Gasteiger partial charge in [-0.2, -0.15) is 4.98 Å². The Morgan fingerprint density at radius 3 is 3.04 bits per heavy atom. The van der Waals surface area contributed by atoms with Crippen molar-refractivity contribution >= 4 is 46.4 Å². The molecule has 3 aromatic rings. The average Bonchev–Trinajstić information content (AvgIpc) is 3.34. The molecule has 0 amide bonds. The zero-order chi connectivity index (χ0) is 19.1. The number of thioether (sulfide) groups is 1. The minimum absolute atomic E-state index is 0.188. The van der Waals surface area contributed by atoms with Crippen LogP contribution in [0.15, 0.2) is 58.2 Å². The fourth-order valence-corrected chi connectivity index (χ4v) is 5.49. The summed E-state index contributed by atoms with van der Waals surface area (Å²) in [6.45, 7) is 0. The van der Waals surface area contributed by atoms with Crippen LogP contribution in [-0.2, 0) is 10.5 Å². The highest BCUT2D eigenvalue weighted by Gasteiger charge is 2.37. The van der Waals surface area contributed by atoms with Crippen LogP contribution in [0.3, 0.4) is 0 Å². The van der Waals surface area contributed by atoms with E-state index in [1.165, 1.54) is 0 Å². The van der Waals surface area contributed by atoms with Crippen molar-refractivity contribution in [2.75, 3.05) is 5.32 Å². The van der Waals surface area contributed by atoms with Crippen molar-refractivity contribution in [3.05, 3.63) is 68.5 Å². The van der Waals surface area contributed by atoms with Crippen LogP contribution in [0.2, 0.25) is 5.02 Å². The number of thiophene rings is 1. The molecule has 5 nitrogen and oxygen atoms in total. The fraction of sp³-hybridized carbons (Fsp3) is 0.250. The van der Waals surface area contributed by atoms with Gasteiger partial charge in [-0.3, -0.25) is 4.79 Å². The van der Waals surface area contributed by atoms with Crippen molar-refractivity contribution in [2.24, 2.45) is 0 Å². The predicted octanol–water partition coefficient (Wildman–Crippen LogP) is 5.31. The molecule has 2 aromatic heterocycles. The van der Waals surface area contributed by atoms with Gasteiger partial charge in [-0.15, -0.1) is 16.4 Å². The van der Waals surface area contributed by atoms with E-state index in [-0.39, 0.29) is 11.8 Å². The molecule has 0 bridgehead atoms. The number of carbonyl (C=O) groups is 1. The summed E-state index contributed by atoms with van der Waals surface area (Å²) in [4.78, 5) is 18.5. The van der Waals surface area contributed by atoms with Gasteiger partial charge in [0.15, 0.2) is 5.78 Å². The van der Waals surface area contributed by atoms with E-state index in [0.29, 0.717) is 17.5 Å². The molecule has 1 aromatic carbocycles. The Hall–Kier alpha value is -2.09. The van der Waals surface area contributed by atoms with Crippen LogP contribution in [0.1, 0.15) is 35.7 Å². The monoisotopic (exact) mass is 428 g/mol. The van der Waals surface area contributed by atoms with Gasteiger partial charge in [0, 0.05) is 33.3 Å². The molecule has 5 rings (SSSR count). The molecule has 0 saturated carbocycles. The first-order valence-corrected chi connectivity index (χ1v) is 11.3. The van der Waals surface area contributed by atoms with Gasteiger partial charge in [0.2, 0.25) is 11.1 Å². The van der Waals surface area contributed by atoms with E-state index in [2.05, 4.69) is 11.4 Å². The van der Waals surface area contributed by atoms with E-state index in [9.17, 15) is 4.79 Å². The summed E-state index contributed by atoms with van der Waals surface area (Å²) >= 11 is 9.29. The molecule has 1 N–H and O–H groups in total. The second kappa shape index (κ2) is 7.39. The Labute approximate surface area is 175 Å². The third-order valence-corrected chi connectivity index (χ3v) is 6.99. The second-order valence-electron chi connectivity index (χ2n) is 6.79. The molecule has 2 aliphatic rings. The normalized spacial score (nSPS) is 18.6. The zero-order valence-electron chi connectivity index (χ0n) is 14.9. The number of Topliss-reactive ketones (excluding diaryl/α,β-unsaturated/α-hetero) is 1. The Kier molecular flexibility index (Phi) is 4.74.